The summed E-state index contributed by atoms with van der Waals surface area (Å²) >= 11 is 0. The number of hydrogen-bond donors (Lipinski definition) is 2. The molecule has 0 unspecified atom stereocenters. The van der Waals surface area contributed by atoms with Gasteiger partial charge in [0, 0.05) is 59.3 Å². The standard InChI is InChI=1S/C28H24N4O2/c1-31(2)14-15-32-13-11-23-16-19(18-30-27(23)32)6-7-21-4-3-5-24(28(33)34)26(21)22-9-8-20-10-12-29-25(20)17-22/h3-5,8-13,16-18,29H,14-15H2,1-2H3,(H,33,34). The van der Waals surface area contributed by atoms with Gasteiger partial charge in [-0.15, -0.1) is 0 Å². The van der Waals surface area contributed by atoms with E-state index in [1.807, 2.05) is 54.9 Å². The lowest BCUT2D eigenvalue weighted by Gasteiger charge is -2.10. The van der Waals surface area contributed by atoms with Crippen LogP contribution in [0.25, 0.3) is 33.1 Å². The van der Waals surface area contributed by atoms with E-state index in [0.29, 0.717) is 11.1 Å². The number of pyridine rings is 1. The highest BCUT2D eigenvalue weighted by molar-refractivity contribution is 5.99. The van der Waals surface area contributed by atoms with E-state index in [-0.39, 0.29) is 5.56 Å². The molecule has 3 aromatic heterocycles. The first kappa shape index (κ1) is 21.5. The van der Waals surface area contributed by atoms with Crippen molar-refractivity contribution in [2.24, 2.45) is 0 Å². The Hall–Kier alpha value is -4.34. The number of benzene rings is 2. The molecule has 168 valence electrons. The fraction of sp³-hybridized carbons (Fsp3) is 0.143. The summed E-state index contributed by atoms with van der Waals surface area (Å²) in [4.78, 5) is 22.0. The molecule has 0 saturated carbocycles. The van der Waals surface area contributed by atoms with E-state index >= 15 is 0 Å². The second-order valence-electron chi connectivity index (χ2n) is 8.51. The maximum absolute atomic E-state index is 12.0. The zero-order valence-electron chi connectivity index (χ0n) is 19.0. The van der Waals surface area contributed by atoms with Crippen LogP contribution < -0.4 is 0 Å². The molecule has 6 nitrogen and oxygen atoms in total. The van der Waals surface area contributed by atoms with Crippen LogP contribution in [0.2, 0.25) is 0 Å². The van der Waals surface area contributed by atoms with Gasteiger partial charge in [0.2, 0.25) is 0 Å². The molecule has 34 heavy (non-hydrogen) atoms. The molecular weight excluding hydrogens is 424 g/mol. The fourth-order valence-corrected chi connectivity index (χ4v) is 4.12. The third kappa shape index (κ3) is 4.17. The Bertz CT molecular complexity index is 1580. The van der Waals surface area contributed by atoms with Gasteiger partial charge in [-0.05, 0) is 61.4 Å². The highest BCUT2D eigenvalue weighted by Crippen LogP contribution is 2.30. The predicted octanol–water partition coefficient (Wildman–Crippen LogP) is 4.84. The van der Waals surface area contributed by atoms with Crippen LogP contribution in [0.15, 0.2) is 73.2 Å². The molecule has 0 saturated heterocycles. The number of carboxylic acid groups (broad SMARTS) is 1. The first-order chi connectivity index (χ1) is 16.5. The Balaban J connectivity index is 1.54. The van der Waals surface area contributed by atoms with E-state index < -0.39 is 5.97 Å². The highest BCUT2D eigenvalue weighted by atomic mass is 16.4. The highest BCUT2D eigenvalue weighted by Gasteiger charge is 2.15. The monoisotopic (exact) mass is 448 g/mol. The predicted molar refractivity (Wildman–Crippen MR) is 135 cm³/mol. The Morgan fingerprint density at radius 3 is 2.79 bits per heavy atom. The van der Waals surface area contributed by atoms with E-state index in [1.54, 1.807) is 18.3 Å². The number of carbonyl (C=O) groups is 1. The number of H-pyrrole nitrogens is 1. The van der Waals surface area contributed by atoms with E-state index in [2.05, 4.69) is 45.4 Å². The van der Waals surface area contributed by atoms with Crippen LogP contribution in [0.3, 0.4) is 0 Å². The van der Waals surface area contributed by atoms with Crippen molar-refractivity contribution in [1.29, 1.82) is 0 Å². The lowest BCUT2D eigenvalue weighted by Crippen LogP contribution is -2.18. The number of carboxylic acids is 1. The molecule has 0 aliphatic heterocycles. The molecular formula is C28H24N4O2. The first-order valence-corrected chi connectivity index (χ1v) is 11.0. The van der Waals surface area contributed by atoms with E-state index in [4.69, 9.17) is 0 Å². The molecule has 5 rings (SSSR count). The Kier molecular flexibility index (Phi) is 5.62. The maximum atomic E-state index is 12.0. The van der Waals surface area contributed by atoms with Gasteiger partial charge in [0.1, 0.15) is 5.65 Å². The molecule has 0 fully saturated rings. The molecule has 2 aromatic carbocycles. The van der Waals surface area contributed by atoms with Crippen molar-refractivity contribution in [3.05, 3.63) is 89.9 Å². The molecule has 0 amide bonds. The van der Waals surface area contributed by atoms with Crippen LogP contribution in [0, 0.1) is 11.8 Å². The average Bonchev–Trinajstić information content (AvgIpc) is 3.47. The summed E-state index contributed by atoms with van der Waals surface area (Å²) in [5, 5.41) is 11.9. The van der Waals surface area contributed by atoms with Crippen LogP contribution in [-0.2, 0) is 6.54 Å². The van der Waals surface area contributed by atoms with E-state index in [9.17, 15) is 9.90 Å². The molecule has 5 aromatic rings. The second kappa shape index (κ2) is 8.89. The van der Waals surface area contributed by atoms with Crippen LogP contribution >= 0.6 is 0 Å². The fourth-order valence-electron chi connectivity index (χ4n) is 4.12. The maximum Gasteiger partial charge on any atom is 0.336 e. The van der Waals surface area contributed by atoms with Crippen LogP contribution in [0.1, 0.15) is 21.5 Å². The third-order valence-corrected chi connectivity index (χ3v) is 5.87. The summed E-state index contributed by atoms with van der Waals surface area (Å²) in [5.74, 6) is 5.41. The summed E-state index contributed by atoms with van der Waals surface area (Å²) in [6, 6.07) is 17.1. The topological polar surface area (TPSA) is 74.2 Å². The number of rotatable bonds is 5. The number of fused-ring (bicyclic) bond motifs is 2. The number of nitrogens with zero attached hydrogens (tertiary/aromatic N) is 3. The van der Waals surface area contributed by atoms with Gasteiger partial charge in [-0.1, -0.05) is 30.0 Å². The smallest absolute Gasteiger partial charge is 0.336 e. The molecule has 0 spiro atoms. The van der Waals surface area contributed by atoms with Gasteiger partial charge in [0.05, 0.1) is 5.56 Å². The zero-order chi connectivity index (χ0) is 23.7. The van der Waals surface area contributed by atoms with Gasteiger partial charge in [-0.25, -0.2) is 9.78 Å². The van der Waals surface area contributed by atoms with E-state index in [0.717, 1.165) is 46.2 Å². The van der Waals surface area contributed by atoms with Crippen molar-refractivity contribution in [2.45, 2.75) is 6.54 Å². The van der Waals surface area contributed by atoms with E-state index in [1.165, 1.54) is 0 Å². The molecule has 0 bridgehead atoms. The molecule has 0 aliphatic carbocycles. The second-order valence-corrected chi connectivity index (χ2v) is 8.51. The Morgan fingerprint density at radius 1 is 1.09 bits per heavy atom. The van der Waals surface area contributed by atoms with Crippen molar-refractivity contribution in [3.63, 3.8) is 0 Å². The number of hydrogen-bond acceptors (Lipinski definition) is 3. The van der Waals surface area contributed by atoms with Crippen LogP contribution in [0.5, 0.6) is 0 Å². The summed E-state index contributed by atoms with van der Waals surface area (Å²) < 4.78 is 2.14. The molecule has 2 N–H and O–H groups in total. The number of aromatic nitrogens is 3. The number of likely N-dealkylation sites (N-methyl/N-ethyl adjacent to an activating group) is 1. The van der Waals surface area contributed by atoms with Crippen molar-refractivity contribution in [1.82, 2.24) is 19.4 Å². The molecule has 0 aliphatic rings. The number of aromatic amines is 1. The molecule has 0 radical (unpaired) electrons. The van der Waals surface area contributed by atoms with Crippen molar-refractivity contribution in [3.8, 4) is 23.0 Å². The zero-order valence-corrected chi connectivity index (χ0v) is 19.0. The van der Waals surface area contributed by atoms with Gasteiger partial charge in [-0.2, -0.15) is 0 Å². The minimum Gasteiger partial charge on any atom is -0.478 e. The van der Waals surface area contributed by atoms with Crippen LogP contribution in [-0.4, -0.2) is 51.2 Å². The van der Waals surface area contributed by atoms with Gasteiger partial charge in [-0.3, -0.25) is 0 Å². The summed E-state index contributed by atoms with van der Waals surface area (Å²) in [6.45, 7) is 1.80. The lowest BCUT2D eigenvalue weighted by molar-refractivity contribution is 0.0697. The number of nitrogens with one attached hydrogen (secondary N) is 1. The Morgan fingerprint density at radius 2 is 1.97 bits per heavy atom. The average molecular weight is 449 g/mol. The summed E-state index contributed by atoms with van der Waals surface area (Å²) in [7, 11) is 4.10. The summed E-state index contributed by atoms with van der Waals surface area (Å²) in [6.07, 6.45) is 5.69. The molecule has 6 heteroatoms. The third-order valence-electron chi connectivity index (χ3n) is 5.87. The van der Waals surface area contributed by atoms with Crippen LogP contribution in [0.4, 0.5) is 0 Å². The normalized spacial score (nSPS) is 11.1. The Labute approximate surface area is 197 Å². The minimum absolute atomic E-state index is 0.226. The quantitative estimate of drug-likeness (QED) is 0.377. The first-order valence-electron chi connectivity index (χ1n) is 11.0. The van der Waals surface area contributed by atoms with Gasteiger partial charge in [0.15, 0.2) is 0 Å². The minimum atomic E-state index is -0.979. The molecule has 3 heterocycles. The molecule has 0 atom stereocenters. The SMILES string of the molecule is CN(C)CCn1ccc2cc(C#Cc3cccc(C(=O)O)c3-c3ccc4cc[nH]c4c3)cnc21. The summed E-state index contributed by atoms with van der Waals surface area (Å²) in [5.41, 5.74) is 4.97. The lowest BCUT2D eigenvalue weighted by atomic mass is 9.93. The number of aromatic carboxylic acids is 1. The van der Waals surface area contributed by atoms with Gasteiger partial charge >= 0.3 is 5.97 Å². The van der Waals surface area contributed by atoms with Gasteiger partial charge < -0.3 is 19.6 Å². The van der Waals surface area contributed by atoms with Crippen molar-refractivity contribution < 1.29 is 9.90 Å². The van der Waals surface area contributed by atoms with Gasteiger partial charge in [0.25, 0.3) is 0 Å². The largest absolute Gasteiger partial charge is 0.478 e. The van der Waals surface area contributed by atoms with Crippen molar-refractivity contribution in [2.75, 3.05) is 20.6 Å². The van der Waals surface area contributed by atoms with Crippen molar-refractivity contribution >= 4 is 27.9 Å².